The zero-order valence-electron chi connectivity index (χ0n) is 19.1. The van der Waals surface area contributed by atoms with Crippen LogP contribution >= 0.6 is 11.6 Å². The quantitative estimate of drug-likeness (QED) is 0.268. The molecule has 0 aromatic heterocycles. The molecule has 0 aliphatic heterocycles. The molecule has 174 valence electrons. The van der Waals surface area contributed by atoms with Crippen LogP contribution in [0, 0.1) is 0 Å². The Hall–Kier alpha value is -3.89. The van der Waals surface area contributed by atoms with Crippen molar-refractivity contribution in [1.82, 2.24) is 4.90 Å². The number of halogens is 1. The first-order valence-corrected chi connectivity index (χ1v) is 11.9. The van der Waals surface area contributed by atoms with Crippen molar-refractivity contribution in [2.45, 2.75) is 12.3 Å². The van der Waals surface area contributed by atoms with Gasteiger partial charge in [0.05, 0.1) is 0 Å². The third-order valence-corrected chi connectivity index (χ3v) is 6.72. The van der Waals surface area contributed by atoms with Crippen LogP contribution in [0.15, 0.2) is 97.1 Å². The van der Waals surface area contributed by atoms with Crippen LogP contribution in [0.2, 0.25) is 5.02 Å². The first kappa shape index (κ1) is 22.9. The van der Waals surface area contributed by atoms with E-state index in [0.717, 1.165) is 32.7 Å². The molecule has 1 aliphatic carbocycles. The van der Waals surface area contributed by atoms with E-state index in [9.17, 15) is 9.59 Å². The maximum Gasteiger partial charge on any atom is 0.416 e. The largest absolute Gasteiger partial charge is 0.448 e. The van der Waals surface area contributed by atoms with Crippen molar-refractivity contribution in [3.8, 4) is 22.3 Å². The number of hydrogen-bond acceptors (Lipinski definition) is 3. The molecule has 0 radical (unpaired) electrons. The van der Waals surface area contributed by atoms with E-state index in [2.05, 4.69) is 24.3 Å². The number of hydrogen-bond donors (Lipinski definition) is 0. The number of nitrogens with zero attached hydrogens (tertiary/aromatic N) is 1. The molecule has 0 spiro atoms. The van der Waals surface area contributed by atoms with E-state index in [1.54, 1.807) is 0 Å². The number of imide groups is 1. The number of benzene rings is 4. The van der Waals surface area contributed by atoms with E-state index < -0.39 is 6.09 Å². The van der Waals surface area contributed by atoms with E-state index in [1.165, 1.54) is 11.1 Å². The summed E-state index contributed by atoms with van der Waals surface area (Å²) in [6.07, 6.45) is 0.463. The summed E-state index contributed by atoms with van der Waals surface area (Å²) in [5.41, 5.74) is 7.79. The van der Waals surface area contributed by atoms with Crippen LogP contribution < -0.4 is 0 Å². The molecule has 0 saturated carbocycles. The van der Waals surface area contributed by atoms with Gasteiger partial charge in [-0.05, 0) is 57.5 Å². The van der Waals surface area contributed by atoms with Crippen LogP contribution in [0.5, 0.6) is 0 Å². The molecule has 0 atom stereocenters. The van der Waals surface area contributed by atoms with Crippen molar-refractivity contribution in [2.24, 2.45) is 0 Å². The second-order valence-electron chi connectivity index (χ2n) is 8.56. The van der Waals surface area contributed by atoms with E-state index in [1.807, 2.05) is 72.8 Å². The van der Waals surface area contributed by atoms with Gasteiger partial charge in [0.1, 0.15) is 6.61 Å². The summed E-state index contributed by atoms with van der Waals surface area (Å²) in [6.45, 7) is 0.438. The number of fused-ring (bicyclic) bond motifs is 3. The summed E-state index contributed by atoms with van der Waals surface area (Å²) in [6, 6.07) is 32.1. The van der Waals surface area contributed by atoms with Crippen molar-refractivity contribution in [2.75, 3.05) is 13.2 Å². The molecule has 5 heteroatoms. The average molecular weight is 482 g/mol. The van der Waals surface area contributed by atoms with Gasteiger partial charge in [0.25, 0.3) is 0 Å². The Morgan fingerprint density at radius 2 is 1.34 bits per heavy atom. The molecular formula is C30H24ClNO3. The minimum absolute atomic E-state index is 0.0414. The molecule has 0 bridgehead atoms. The molecule has 4 aromatic rings. The highest BCUT2D eigenvalue weighted by Crippen LogP contribution is 2.44. The number of rotatable bonds is 7. The molecular weight excluding hydrogens is 458 g/mol. The molecule has 4 nitrogen and oxygen atoms in total. The molecule has 0 saturated heterocycles. The zero-order valence-corrected chi connectivity index (χ0v) is 19.8. The fourth-order valence-electron chi connectivity index (χ4n) is 4.62. The molecule has 0 heterocycles. The lowest BCUT2D eigenvalue weighted by Crippen LogP contribution is -2.33. The van der Waals surface area contributed by atoms with Crippen LogP contribution in [0.1, 0.15) is 22.6 Å². The predicted molar refractivity (Wildman–Crippen MR) is 138 cm³/mol. The fourth-order valence-corrected chi connectivity index (χ4v) is 4.75. The van der Waals surface area contributed by atoms with E-state index in [0.29, 0.717) is 17.9 Å². The van der Waals surface area contributed by atoms with E-state index in [-0.39, 0.29) is 19.1 Å². The molecule has 4 aromatic carbocycles. The summed E-state index contributed by atoms with van der Waals surface area (Å²) in [4.78, 5) is 25.4. The SMILES string of the molecule is O=CN(CCc1ccc(-c2ccc(Cl)cc2)cc1)C(=O)OCC1c2ccccc2-c2ccccc21. The van der Waals surface area contributed by atoms with Gasteiger partial charge in [-0.2, -0.15) is 0 Å². The van der Waals surface area contributed by atoms with Crippen LogP contribution in [0.25, 0.3) is 22.3 Å². The summed E-state index contributed by atoms with van der Waals surface area (Å²) in [7, 11) is 0. The molecule has 2 amide bonds. The normalized spacial score (nSPS) is 12.0. The van der Waals surface area contributed by atoms with Gasteiger partial charge in [-0.25, -0.2) is 9.69 Å². The average Bonchev–Trinajstić information content (AvgIpc) is 3.22. The van der Waals surface area contributed by atoms with E-state index >= 15 is 0 Å². The van der Waals surface area contributed by atoms with Gasteiger partial charge in [0.15, 0.2) is 0 Å². The zero-order chi connectivity index (χ0) is 24.2. The summed E-state index contributed by atoms with van der Waals surface area (Å²) < 4.78 is 5.61. The van der Waals surface area contributed by atoms with Crippen molar-refractivity contribution in [3.05, 3.63) is 119 Å². The van der Waals surface area contributed by atoms with E-state index in [4.69, 9.17) is 16.3 Å². The summed E-state index contributed by atoms with van der Waals surface area (Å²) in [5, 5.41) is 0.701. The lowest BCUT2D eigenvalue weighted by molar-refractivity contribution is -0.116. The fraction of sp³-hybridized carbons (Fsp3) is 0.133. The second kappa shape index (κ2) is 10.2. The Labute approximate surface area is 209 Å². The molecule has 0 unspecified atom stereocenters. The number of carbonyl (C=O) groups is 2. The Morgan fingerprint density at radius 1 is 0.800 bits per heavy atom. The first-order valence-electron chi connectivity index (χ1n) is 11.6. The minimum Gasteiger partial charge on any atom is -0.448 e. The van der Waals surface area contributed by atoms with Gasteiger partial charge in [-0.1, -0.05) is 96.5 Å². The number of ether oxygens (including phenoxy) is 1. The molecule has 0 fully saturated rings. The van der Waals surface area contributed by atoms with Crippen LogP contribution in [0.4, 0.5) is 4.79 Å². The van der Waals surface area contributed by atoms with Gasteiger partial charge in [-0.3, -0.25) is 4.79 Å². The Morgan fingerprint density at radius 3 is 1.91 bits per heavy atom. The third kappa shape index (κ3) is 4.84. The number of amides is 2. The van der Waals surface area contributed by atoms with Crippen LogP contribution in [0.3, 0.4) is 0 Å². The Kier molecular flexibility index (Phi) is 6.64. The molecule has 35 heavy (non-hydrogen) atoms. The van der Waals surface area contributed by atoms with Gasteiger partial charge >= 0.3 is 6.09 Å². The maximum atomic E-state index is 12.7. The monoisotopic (exact) mass is 481 g/mol. The first-order chi connectivity index (χ1) is 17.1. The Bertz CT molecular complexity index is 1300. The summed E-state index contributed by atoms with van der Waals surface area (Å²) in [5.74, 6) is -0.0414. The van der Waals surface area contributed by atoms with Crippen LogP contribution in [-0.2, 0) is 16.0 Å². The number of carbonyl (C=O) groups excluding carboxylic acids is 2. The lowest BCUT2D eigenvalue weighted by Gasteiger charge is -2.18. The molecule has 5 rings (SSSR count). The standard InChI is InChI=1S/C30H24ClNO3/c31-24-15-13-23(14-16-24)22-11-9-21(10-12-22)17-18-32(20-33)30(34)35-19-29-27-7-3-1-5-25(27)26-6-2-4-8-28(26)29/h1-16,20,29H,17-19H2. The molecule has 1 aliphatic rings. The van der Waals surface area contributed by atoms with Crippen molar-refractivity contribution >= 4 is 24.1 Å². The van der Waals surface area contributed by atoms with Gasteiger partial charge in [0, 0.05) is 17.5 Å². The van der Waals surface area contributed by atoms with Crippen molar-refractivity contribution in [1.29, 1.82) is 0 Å². The third-order valence-electron chi connectivity index (χ3n) is 6.47. The maximum absolute atomic E-state index is 12.7. The smallest absolute Gasteiger partial charge is 0.416 e. The van der Waals surface area contributed by atoms with Crippen molar-refractivity contribution < 1.29 is 14.3 Å². The van der Waals surface area contributed by atoms with Gasteiger partial charge < -0.3 is 4.74 Å². The predicted octanol–water partition coefficient (Wildman–Crippen LogP) is 6.96. The lowest BCUT2D eigenvalue weighted by atomic mass is 9.98. The van der Waals surface area contributed by atoms with Crippen molar-refractivity contribution in [3.63, 3.8) is 0 Å². The topological polar surface area (TPSA) is 46.6 Å². The highest BCUT2D eigenvalue weighted by Gasteiger charge is 2.29. The highest BCUT2D eigenvalue weighted by molar-refractivity contribution is 6.30. The summed E-state index contributed by atoms with van der Waals surface area (Å²) >= 11 is 5.97. The second-order valence-corrected chi connectivity index (χ2v) is 8.99. The molecule has 0 N–H and O–H groups in total. The highest BCUT2D eigenvalue weighted by atomic mass is 35.5. The van der Waals surface area contributed by atoms with Gasteiger partial charge in [-0.15, -0.1) is 0 Å². The van der Waals surface area contributed by atoms with Gasteiger partial charge in [0.2, 0.25) is 6.41 Å². The minimum atomic E-state index is -0.625. The Balaban J connectivity index is 1.20. The van der Waals surface area contributed by atoms with Crippen LogP contribution in [-0.4, -0.2) is 30.6 Å².